The van der Waals surface area contributed by atoms with Crippen LogP contribution >= 0.6 is 11.3 Å². The Bertz CT molecular complexity index is 901. The highest BCUT2D eigenvalue weighted by atomic mass is 32.1. The second-order valence-electron chi connectivity index (χ2n) is 8.91. The maximum atomic E-state index is 11.6. The normalized spacial score (nSPS) is 24.3. The first-order valence-corrected chi connectivity index (χ1v) is 12.3. The topological polar surface area (TPSA) is 54.9 Å². The SMILES string of the molecule is COC(=O)CN1CCc2nc(-c3ccc(O[C@H]4C[C@H](N5CCCCC5)C4)cc3)sc2C1. The molecule has 3 aliphatic rings. The predicted molar refractivity (Wildman–Crippen MR) is 121 cm³/mol. The van der Waals surface area contributed by atoms with Gasteiger partial charge in [0.25, 0.3) is 0 Å². The Morgan fingerprint density at radius 2 is 1.90 bits per heavy atom. The molecule has 0 radical (unpaired) electrons. The number of carbonyl (C=O) groups is 1. The van der Waals surface area contributed by atoms with E-state index in [0.29, 0.717) is 12.6 Å². The molecular formula is C24H31N3O3S. The van der Waals surface area contributed by atoms with Gasteiger partial charge in [-0.05, 0) is 50.2 Å². The molecule has 2 aliphatic heterocycles. The van der Waals surface area contributed by atoms with Gasteiger partial charge in [0, 0.05) is 48.8 Å². The summed E-state index contributed by atoms with van der Waals surface area (Å²) in [7, 11) is 1.44. The number of rotatable bonds is 6. The van der Waals surface area contributed by atoms with Gasteiger partial charge in [-0.1, -0.05) is 6.42 Å². The van der Waals surface area contributed by atoms with Gasteiger partial charge >= 0.3 is 5.97 Å². The van der Waals surface area contributed by atoms with Gasteiger partial charge in [-0.3, -0.25) is 9.69 Å². The largest absolute Gasteiger partial charge is 0.490 e. The fourth-order valence-corrected chi connectivity index (χ4v) is 5.99. The second kappa shape index (κ2) is 9.27. The van der Waals surface area contributed by atoms with Gasteiger partial charge in [-0.25, -0.2) is 4.98 Å². The van der Waals surface area contributed by atoms with Crippen molar-refractivity contribution < 1.29 is 14.3 Å². The molecule has 6 nitrogen and oxygen atoms in total. The molecular weight excluding hydrogens is 410 g/mol. The number of ether oxygens (including phenoxy) is 2. The van der Waals surface area contributed by atoms with Crippen molar-refractivity contribution >= 4 is 17.3 Å². The highest BCUT2D eigenvalue weighted by Gasteiger charge is 2.35. The molecule has 2 aromatic rings. The van der Waals surface area contributed by atoms with Gasteiger partial charge in [0.1, 0.15) is 16.9 Å². The monoisotopic (exact) mass is 441 g/mol. The summed E-state index contributed by atoms with van der Waals surface area (Å²) in [6.45, 7) is 4.49. The number of likely N-dealkylation sites (tertiary alicyclic amines) is 1. The number of methoxy groups -OCH3 is 1. The smallest absolute Gasteiger partial charge is 0.319 e. The van der Waals surface area contributed by atoms with Gasteiger partial charge in [0.2, 0.25) is 0 Å². The summed E-state index contributed by atoms with van der Waals surface area (Å²) in [6, 6.07) is 9.12. The predicted octanol–water partition coefficient (Wildman–Crippen LogP) is 3.74. The second-order valence-corrected chi connectivity index (χ2v) is 10.00. The van der Waals surface area contributed by atoms with E-state index in [9.17, 15) is 4.79 Å². The summed E-state index contributed by atoms with van der Waals surface area (Å²) >= 11 is 1.73. The number of piperidine rings is 1. The van der Waals surface area contributed by atoms with E-state index >= 15 is 0 Å². The summed E-state index contributed by atoms with van der Waals surface area (Å²) in [6.07, 6.45) is 7.64. The minimum atomic E-state index is -0.183. The molecule has 0 unspecified atom stereocenters. The van der Waals surface area contributed by atoms with Crippen LogP contribution in [0.1, 0.15) is 42.7 Å². The molecule has 1 aromatic heterocycles. The average Bonchev–Trinajstić information content (AvgIpc) is 3.20. The first-order chi connectivity index (χ1) is 15.2. The molecule has 5 rings (SSSR count). The zero-order chi connectivity index (χ0) is 21.2. The van der Waals surface area contributed by atoms with Gasteiger partial charge in [-0.2, -0.15) is 0 Å². The molecule has 1 aromatic carbocycles. The average molecular weight is 442 g/mol. The van der Waals surface area contributed by atoms with Crippen molar-refractivity contribution in [2.45, 2.75) is 57.2 Å². The maximum absolute atomic E-state index is 11.6. The van der Waals surface area contributed by atoms with E-state index in [0.717, 1.165) is 54.7 Å². The van der Waals surface area contributed by atoms with Crippen molar-refractivity contribution in [1.29, 1.82) is 0 Å². The van der Waals surface area contributed by atoms with Crippen LogP contribution in [0, 0.1) is 0 Å². The number of thiazole rings is 1. The van der Waals surface area contributed by atoms with Crippen LogP contribution in [0.2, 0.25) is 0 Å². The molecule has 3 heterocycles. The Labute approximate surface area is 188 Å². The third-order valence-electron chi connectivity index (χ3n) is 6.77. The lowest BCUT2D eigenvalue weighted by Crippen LogP contribution is -2.50. The molecule has 0 bridgehead atoms. The number of fused-ring (bicyclic) bond motifs is 1. The van der Waals surface area contributed by atoms with Crippen LogP contribution in [-0.4, -0.2) is 66.2 Å². The molecule has 0 spiro atoms. The lowest BCUT2D eigenvalue weighted by Gasteiger charge is -2.44. The lowest BCUT2D eigenvalue weighted by molar-refractivity contribution is -0.142. The standard InChI is InChI=1S/C24H31N3O3S/c1-29-23(28)16-26-12-9-21-22(15-26)31-24(25-21)17-5-7-19(8-6-17)30-20-13-18(14-20)27-10-3-2-4-11-27/h5-8,18,20H,2-4,9-16H2,1H3/t18-,20-. The van der Waals surface area contributed by atoms with E-state index in [-0.39, 0.29) is 5.97 Å². The van der Waals surface area contributed by atoms with Crippen molar-refractivity contribution in [3.05, 3.63) is 34.8 Å². The Morgan fingerprint density at radius 3 is 2.65 bits per heavy atom. The third-order valence-corrected chi connectivity index (χ3v) is 7.90. The highest BCUT2D eigenvalue weighted by Crippen LogP contribution is 2.34. The van der Waals surface area contributed by atoms with E-state index in [1.807, 2.05) is 0 Å². The van der Waals surface area contributed by atoms with Crippen molar-refractivity contribution in [1.82, 2.24) is 14.8 Å². The zero-order valence-corrected chi connectivity index (χ0v) is 19.0. The van der Waals surface area contributed by atoms with Crippen molar-refractivity contribution in [2.24, 2.45) is 0 Å². The molecule has 1 aliphatic carbocycles. The number of hydrogen-bond donors (Lipinski definition) is 0. The fraction of sp³-hybridized carbons (Fsp3) is 0.583. The van der Waals surface area contributed by atoms with E-state index in [1.165, 1.54) is 50.0 Å². The first-order valence-electron chi connectivity index (χ1n) is 11.5. The molecule has 1 saturated heterocycles. The first kappa shape index (κ1) is 20.9. The fourth-order valence-electron chi connectivity index (χ4n) is 4.84. The Morgan fingerprint density at radius 1 is 1.13 bits per heavy atom. The summed E-state index contributed by atoms with van der Waals surface area (Å²) < 4.78 is 11.0. The van der Waals surface area contributed by atoms with Crippen molar-refractivity contribution in [3.63, 3.8) is 0 Å². The molecule has 166 valence electrons. The quantitative estimate of drug-likeness (QED) is 0.637. The Hall–Kier alpha value is -1.96. The Balaban J connectivity index is 1.15. The van der Waals surface area contributed by atoms with Gasteiger partial charge in [0.15, 0.2) is 0 Å². The minimum Gasteiger partial charge on any atom is -0.490 e. The van der Waals surface area contributed by atoms with Crippen LogP contribution in [0.15, 0.2) is 24.3 Å². The van der Waals surface area contributed by atoms with Crippen LogP contribution in [0.25, 0.3) is 10.6 Å². The molecule has 0 atom stereocenters. The maximum Gasteiger partial charge on any atom is 0.319 e. The summed E-state index contributed by atoms with van der Waals surface area (Å²) in [5.74, 6) is 0.772. The molecule has 31 heavy (non-hydrogen) atoms. The van der Waals surface area contributed by atoms with E-state index < -0.39 is 0 Å². The molecule has 2 fully saturated rings. The van der Waals surface area contributed by atoms with Gasteiger partial charge in [-0.15, -0.1) is 11.3 Å². The van der Waals surface area contributed by atoms with Crippen LogP contribution < -0.4 is 4.74 Å². The summed E-state index contributed by atoms with van der Waals surface area (Å²) in [5, 5.41) is 1.05. The van der Waals surface area contributed by atoms with Crippen molar-refractivity contribution in [3.8, 4) is 16.3 Å². The Kier molecular flexibility index (Phi) is 6.25. The molecule has 0 amide bonds. The van der Waals surface area contributed by atoms with Crippen LogP contribution in [0.4, 0.5) is 0 Å². The number of esters is 1. The number of hydrogen-bond acceptors (Lipinski definition) is 7. The van der Waals surface area contributed by atoms with Crippen LogP contribution in [0.5, 0.6) is 5.75 Å². The van der Waals surface area contributed by atoms with E-state index in [2.05, 4.69) is 34.1 Å². The van der Waals surface area contributed by atoms with Crippen molar-refractivity contribution in [2.75, 3.05) is 33.3 Å². The third kappa shape index (κ3) is 4.78. The van der Waals surface area contributed by atoms with Crippen LogP contribution in [0.3, 0.4) is 0 Å². The van der Waals surface area contributed by atoms with E-state index in [4.69, 9.17) is 14.5 Å². The van der Waals surface area contributed by atoms with Gasteiger partial charge < -0.3 is 14.4 Å². The lowest BCUT2D eigenvalue weighted by atomic mass is 9.86. The highest BCUT2D eigenvalue weighted by molar-refractivity contribution is 7.15. The summed E-state index contributed by atoms with van der Waals surface area (Å²) in [4.78, 5) is 22.5. The van der Waals surface area contributed by atoms with Gasteiger partial charge in [0.05, 0.1) is 19.3 Å². The molecule has 1 saturated carbocycles. The zero-order valence-electron chi connectivity index (χ0n) is 18.2. The minimum absolute atomic E-state index is 0.183. The number of nitrogens with zero attached hydrogens (tertiary/aromatic N) is 3. The number of aromatic nitrogens is 1. The summed E-state index contributed by atoms with van der Waals surface area (Å²) in [5.41, 5.74) is 2.30. The number of benzene rings is 1. The number of carbonyl (C=O) groups excluding carboxylic acids is 1. The molecule has 7 heteroatoms. The van der Waals surface area contributed by atoms with Crippen LogP contribution in [-0.2, 0) is 22.5 Å². The van der Waals surface area contributed by atoms with E-state index in [1.54, 1.807) is 11.3 Å². The molecule has 0 N–H and O–H groups in total.